The van der Waals surface area contributed by atoms with Gasteiger partial charge in [-0.15, -0.1) is 0 Å². The fraction of sp³-hybridized carbons (Fsp3) is 0.200. The van der Waals surface area contributed by atoms with Crippen LogP contribution in [0.15, 0.2) is 87.5 Å². The molecular formula is C25H26N4O5S2. The van der Waals surface area contributed by atoms with E-state index < -0.39 is 19.9 Å². The van der Waals surface area contributed by atoms with E-state index in [2.05, 4.69) is 10.1 Å². The maximum absolute atomic E-state index is 13.2. The Kier molecular flexibility index (Phi) is 6.87. The number of H-pyrrole nitrogens is 1. The normalized spacial score (nSPS) is 12.0. The predicted molar refractivity (Wildman–Crippen MR) is 138 cm³/mol. The van der Waals surface area contributed by atoms with Gasteiger partial charge < -0.3 is 0 Å². The van der Waals surface area contributed by atoms with Crippen molar-refractivity contribution >= 4 is 25.5 Å². The third-order valence-electron chi connectivity index (χ3n) is 5.80. The first-order chi connectivity index (χ1) is 17.0. The minimum atomic E-state index is -3.84. The zero-order valence-corrected chi connectivity index (χ0v) is 21.7. The standard InChI is InChI=1S/C25H26N4O5S2/c1-4-28(20-8-6-5-7-9-20)36(33,34)22-14-15-24(26-17-22)29-25(30)23(18(2)27-29)16-19-10-12-21(13-11-19)35(3,31)32/h5-15,17,27H,4,16H2,1-3H3. The van der Waals surface area contributed by atoms with E-state index >= 15 is 0 Å². The average Bonchev–Trinajstić information content (AvgIpc) is 3.13. The Morgan fingerprint density at radius 2 is 1.56 bits per heavy atom. The van der Waals surface area contributed by atoms with Crippen LogP contribution in [0.3, 0.4) is 0 Å². The fourth-order valence-corrected chi connectivity index (χ4v) is 5.93. The molecule has 36 heavy (non-hydrogen) atoms. The molecule has 188 valence electrons. The number of pyridine rings is 1. The van der Waals surface area contributed by atoms with Crippen LogP contribution in [0.5, 0.6) is 0 Å². The van der Waals surface area contributed by atoms with Gasteiger partial charge >= 0.3 is 0 Å². The van der Waals surface area contributed by atoms with E-state index in [1.54, 1.807) is 50.2 Å². The molecule has 1 N–H and O–H groups in total. The lowest BCUT2D eigenvalue weighted by Gasteiger charge is -2.22. The lowest BCUT2D eigenvalue weighted by Crippen LogP contribution is -2.30. The number of aromatic amines is 1. The minimum absolute atomic E-state index is 0.0134. The summed E-state index contributed by atoms with van der Waals surface area (Å²) in [5, 5.41) is 2.99. The van der Waals surface area contributed by atoms with Crippen LogP contribution in [-0.2, 0) is 26.3 Å². The molecule has 0 amide bonds. The van der Waals surface area contributed by atoms with Crippen molar-refractivity contribution in [3.8, 4) is 5.82 Å². The van der Waals surface area contributed by atoms with Crippen molar-refractivity contribution in [3.63, 3.8) is 0 Å². The van der Waals surface area contributed by atoms with Gasteiger partial charge in [-0.25, -0.2) is 26.5 Å². The molecule has 0 atom stereocenters. The number of nitrogens with zero attached hydrogens (tertiary/aromatic N) is 3. The molecule has 11 heteroatoms. The van der Waals surface area contributed by atoms with Crippen LogP contribution in [0.25, 0.3) is 5.82 Å². The summed E-state index contributed by atoms with van der Waals surface area (Å²) in [6, 6.07) is 18.1. The molecule has 0 fully saturated rings. The van der Waals surface area contributed by atoms with Crippen LogP contribution < -0.4 is 9.86 Å². The first-order valence-electron chi connectivity index (χ1n) is 11.2. The number of rotatable bonds is 8. The molecule has 0 aliphatic carbocycles. The monoisotopic (exact) mass is 526 g/mol. The number of aryl methyl sites for hydroxylation is 1. The van der Waals surface area contributed by atoms with E-state index in [0.29, 0.717) is 23.4 Å². The molecule has 2 heterocycles. The summed E-state index contributed by atoms with van der Waals surface area (Å²) in [5.74, 6) is 0.253. The summed E-state index contributed by atoms with van der Waals surface area (Å²) in [6.45, 7) is 3.76. The maximum Gasteiger partial charge on any atom is 0.276 e. The van der Waals surface area contributed by atoms with Gasteiger partial charge in [-0.1, -0.05) is 30.3 Å². The van der Waals surface area contributed by atoms with Crippen LogP contribution >= 0.6 is 0 Å². The van der Waals surface area contributed by atoms with E-state index in [1.165, 1.54) is 39.4 Å². The van der Waals surface area contributed by atoms with Crippen LogP contribution in [0.4, 0.5) is 5.69 Å². The van der Waals surface area contributed by atoms with E-state index in [9.17, 15) is 21.6 Å². The molecule has 9 nitrogen and oxygen atoms in total. The van der Waals surface area contributed by atoms with Crippen molar-refractivity contribution in [1.29, 1.82) is 0 Å². The Labute approximate surface area is 210 Å². The lowest BCUT2D eigenvalue weighted by atomic mass is 10.1. The molecule has 2 aromatic carbocycles. The second kappa shape index (κ2) is 9.75. The molecule has 0 aliphatic heterocycles. The highest BCUT2D eigenvalue weighted by Crippen LogP contribution is 2.23. The Bertz CT molecular complexity index is 1640. The zero-order valence-electron chi connectivity index (χ0n) is 20.0. The van der Waals surface area contributed by atoms with Gasteiger partial charge in [0.25, 0.3) is 15.6 Å². The molecule has 0 spiro atoms. The summed E-state index contributed by atoms with van der Waals surface area (Å²) in [4.78, 5) is 17.6. The molecular weight excluding hydrogens is 500 g/mol. The summed E-state index contributed by atoms with van der Waals surface area (Å²) in [6.07, 6.45) is 2.68. The highest BCUT2D eigenvalue weighted by atomic mass is 32.2. The summed E-state index contributed by atoms with van der Waals surface area (Å²) in [7, 11) is -7.14. The maximum atomic E-state index is 13.2. The predicted octanol–water partition coefficient (Wildman–Crippen LogP) is 3.08. The number of para-hydroxylation sites is 1. The molecule has 0 aliphatic rings. The first-order valence-corrected chi connectivity index (χ1v) is 14.5. The molecule has 0 saturated heterocycles. The lowest BCUT2D eigenvalue weighted by molar-refractivity contribution is 0.591. The number of anilines is 1. The number of hydrogen-bond donors (Lipinski definition) is 1. The highest BCUT2D eigenvalue weighted by Gasteiger charge is 2.24. The number of nitrogens with one attached hydrogen (secondary N) is 1. The van der Waals surface area contributed by atoms with Gasteiger partial charge in [0.1, 0.15) is 4.90 Å². The zero-order chi connectivity index (χ0) is 26.1. The summed E-state index contributed by atoms with van der Waals surface area (Å²) >= 11 is 0. The number of sulfonamides is 1. The highest BCUT2D eigenvalue weighted by molar-refractivity contribution is 7.92. The second-order valence-corrected chi connectivity index (χ2v) is 12.2. The van der Waals surface area contributed by atoms with Gasteiger partial charge in [-0.3, -0.25) is 14.2 Å². The Morgan fingerprint density at radius 1 is 0.917 bits per heavy atom. The second-order valence-electron chi connectivity index (χ2n) is 8.31. The van der Waals surface area contributed by atoms with E-state index in [0.717, 1.165) is 11.8 Å². The molecule has 2 aromatic heterocycles. The Hall–Kier alpha value is -3.70. The molecule has 0 bridgehead atoms. The first kappa shape index (κ1) is 25.4. The molecule has 0 radical (unpaired) electrons. The summed E-state index contributed by atoms with van der Waals surface area (Å²) in [5.41, 5.74) is 2.15. The van der Waals surface area contributed by atoms with Crippen molar-refractivity contribution in [1.82, 2.24) is 14.8 Å². The van der Waals surface area contributed by atoms with Crippen LogP contribution in [0.1, 0.15) is 23.7 Å². The van der Waals surface area contributed by atoms with Crippen molar-refractivity contribution < 1.29 is 16.8 Å². The van der Waals surface area contributed by atoms with Gasteiger partial charge in [0.15, 0.2) is 15.7 Å². The molecule has 4 aromatic rings. The van der Waals surface area contributed by atoms with Crippen molar-refractivity contribution in [2.75, 3.05) is 17.1 Å². The van der Waals surface area contributed by atoms with E-state index in [4.69, 9.17) is 0 Å². The molecule has 4 rings (SSSR count). The Balaban J connectivity index is 1.61. The van der Waals surface area contributed by atoms with Gasteiger partial charge in [-0.2, -0.15) is 0 Å². The van der Waals surface area contributed by atoms with Crippen molar-refractivity contribution in [2.24, 2.45) is 0 Å². The molecule has 0 saturated carbocycles. The van der Waals surface area contributed by atoms with Gasteiger partial charge in [0, 0.05) is 36.7 Å². The van der Waals surface area contributed by atoms with Crippen LogP contribution in [-0.4, -0.2) is 44.4 Å². The minimum Gasteiger partial charge on any atom is -0.294 e. The summed E-state index contributed by atoms with van der Waals surface area (Å²) < 4.78 is 52.3. The third kappa shape index (κ3) is 4.98. The fourth-order valence-electron chi connectivity index (χ4n) is 3.88. The van der Waals surface area contributed by atoms with Crippen molar-refractivity contribution in [2.45, 2.75) is 30.1 Å². The molecule has 0 unspecified atom stereocenters. The number of aromatic nitrogens is 3. The van der Waals surface area contributed by atoms with Gasteiger partial charge in [0.2, 0.25) is 0 Å². The number of benzene rings is 2. The van der Waals surface area contributed by atoms with E-state index in [-0.39, 0.29) is 27.7 Å². The Morgan fingerprint density at radius 3 is 2.11 bits per heavy atom. The third-order valence-corrected chi connectivity index (χ3v) is 8.81. The van der Waals surface area contributed by atoms with Crippen LogP contribution in [0.2, 0.25) is 0 Å². The van der Waals surface area contributed by atoms with Crippen LogP contribution in [0, 0.1) is 6.92 Å². The quantitative estimate of drug-likeness (QED) is 0.377. The SMILES string of the molecule is CCN(c1ccccc1)S(=O)(=O)c1ccc(-n2[nH]c(C)c(Cc3ccc(S(C)(=O)=O)cc3)c2=O)nc1. The van der Waals surface area contributed by atoms with E-state index in [1.807, 2.05) is 6.07 Å². The van der Waals surface area contributed by atoms with Crippen molar-refractivity contribution in [3.05, 3.63) is 100 Å². The van der Waals surface area contributed by atoms with Gasteiger partial charge in [-0.05, 0) is 55.8 Å². The average molecular weight is 527 g/mol. The topological polar surface area (TPSA) is 122 Å². The van der Waals surface area contributed by atoms with Gasteiger partial charge in [0.05, 0.1) is 10.6 Å². The number of sulfone groups is 1. The largest absolute Gasteiger partial charge is 0.294 e. The number of hydrogen-bond acceptors (Lipinski definition) is 6. The smallest absolute Gasteiger partial charge is 0.276 e.